The van der Waals surface area contributed by atoms with Crippen molar-refractivity contribution in [2.75, 3.05) is 6.54 Å². The maximum absolute atomic E-state index is 12.0. The van der Waals surface area contributed by atoms with Crippen LogP contribution in [-0.2, 0) is 4.79 Å². The molecule has 1 saturated carbocycles. The van der Waals surface area contributed by atoms with Gasteiger partial charge in [0.2, 0.25) is 5.91 Å². The summed E-state index contributed by atoms with van der Waals surface area (Å²) in [6, 6.07) is 8.38. The van der Waals surface area contributed by atoms with Gasteiger partial charge in [0.25, 0.3) is 0 Å². The van der Waals surface area contributed by atoms with E-state index in [0.717, 1.165) is 17.9 Å². The number of amides is 1. The maximum Gasteiger partial charge on any atom is 0.234 e. The molecule has 1 aromatic rings. The summed E-state index contributed by atoms with van der Waals surface area (Å²) in [5, 5.41) is 7.22. The summed E-state index contributed by atoms with van der Waals surface area (Å²) in [6.45, 7) is 4.67. The Morgan fingerprint density at radius 1 is 1.24 bits per heavy atom. The van der Waals surface area contributed by atoms with Crippen molar-refractivity contribution in [1.82, 2.24) is 10.6 Å². The molecular formula is C17H25ClN2O. The third-order valence-corrected chi connectivity index (χ3v) is 4.35. The molecule has 3 nitrogen and oxygen atoms in total. The van der Waals surface area contributed by atoms with E-state index in [1.807, 2.05) is 24.3 Å². The van der Waals surface area contributed by atoms with Crippen LogP contribution in [-0.4, -0.2) is 18.5 Å². The number of carbonyl (C=O) groups is 1. The van der Waals surface area contributed by atoms with Gasteiger partial charge in [-0.05, 0) is 36.5 Å². The number of benzene rings is 1. The Morgan fingerprint density at radius 3 is 2.43 bits per heavy atom. The quantitative estimate of drug-likeness (QED) is 0.841. The van der Waals surface area contributed by atoms with Gasteiger partial charge in [0.15, 0.2) is 0 Å². The Bertz CT molecular complexity index is 452. The highest BCUT2D eigenvalue weighted by molar-refractivity contribution is 6.30. The molecule has 0 aliphatic heterocycles. The summed E-state index contributed by atoms with van der Waals surface area (Å²) in [5.74, 6) is 0.506. The molecule has 116 valence electrons. The molecule has 0 bridgehead atoms. The summed E-state index contributed by atoms with van der Waals surface area (Å²) < 4.78 is 0. The molecule has 1 fully saturated rings. The summed E-state index contributed by atoms with van der Waals surface area (Å²) in [5.41, 5.74) is 1.17. The molecule has 1 aliphatic carbocycles. The second-order valence-electron chi connectivity index (χ2n) is 6.20. The van der Waals surface area contributed by atoms with Gasteiger partial charge in [-0.25, -0.2) is 0 Å². The summed E-state index contributed by atoms with van der Waals surface area (Å²) in [6.07, 6.45) is 4.71. The molecule has 1 aliphatic rings. The first-order valence-corrected chi connectivity index (χ1v) is 8.22. The molecule has 1 amide bonds. The number of carbonyl (C=O) groups excluding carboxylic acids is 1. The fourth-order valence-corrected chi connectivity index (χ4v) is 3.09. The molecule has 0 heterocycles. The number of rotatable bonds is 6. The smallest absolute Gasteiger partial charge is 0.234 e. The van der Waals surface area contributed by atoms with Crippen LogP contribution in [0.1, 0.15) is 51.1 Å². The summed E-state index contributed by atoms with van der Waals surface area (Å²) in [7, 11) is 0. The summed E-state index contributed by atoms with van der Waals surface area (Å²) in [4.78, 5) is 12.0. The Morgan fingerprint density at radius 2 is 1.86 bits per heavy atom. The second-order valence-corrected chi connectivity index (χ2v) is 6.64. The molecule has 21 heavy (non-hydrogen) atoms. The van der Waals surface area contributed by atoms with Crippen LogP contribution in [0.15, 0.2) is 24.3 Å². The number of hydrogen-bond acceptors (Lipinski definition) is 2. The highest BCUT2D eigenvalue weighted by atomic mass is 35.5. The van der Waals surface area contributed by atoms with Crippen LogP contribution in [0.5, 0.6) is 0 Å². The van der Waals surface area contributed by atoms with Crippen LogP contribution in [0.2, 0.25) is 5.02 Å². The van der Waals surface area contributed by atoms with Gasteiger partial charge < -0.3 is 10.6 Å². The normalized spacial score (nSPS) is 17.1. The standard InChI is InChI=1S/C17H25ClN2O/c1-12(2)17(13-7-9-14(18)10-8-13)19-11-16(21)20-15-5-3-4-6-15/h7-10,12,15,17,19H,3-6,11H2,1-2H3,(H,20,21). The van der Waals surface area contributed by atoms with Crippen LogP contribution in [0.3, 0.4) is 0 Å². The molecule has 0 saturated heterocycles. The molecule has 2 rings (SSSR count). The van der Waals surface area contributed by atoms with E-state index in [0.29, 0.717) is 18.5 Å². The van der Waals surface area contributed by atoms with E-state index >= 15 is 0 Å². The Labute approximate surface area is 132 Å². The molecular weight excluding hydrogens is 284 g/mol. The van der Waals surface area contributed by atoms with Crippen LogP contribution >= 0.6 is 11.6 Å². The minimum atomic E-state index is 0.0986. The van der Waals surface area contributed by atoms with E-state index in [1.165, 1.54) is 18.4 Å². The van der Waals surface area contributed by atoms with Gasteiger partial charge in [0.05, 0.1) is 6.54 Å². The monoisotopic (exact) mass is 308 g/mol. The van der Waals surface area contributed by atoms with Gasteiger partial charge in [-0.1, -0.05) is 50.4 Å². The first-order valence-electron chi connectivity index (χ1n) is 7.84. The fourth-order valence-electron chi connectivity index (χ4n) is 2.96. The lowest BCUT2D eigenvalue weighted by atomic mass is 9.96. The lowest BCUT2D eigenvalue weighted by Crippen LogP contribution is -2.41. The van der Waals surface area contributed by atoms with Crippen LogP contribution in [0.4, 0.5) is 0 Å². The predicted molar refractivity (Wildman–Crippen MR) is 87.4 cm³/mol. The Kier molecular flexibility index (Phi) is 6.07. The molecule has 1 atom stereocenters. The van der Waals surface area contributed by atoms with Crippen molar-refractivity contribution in [3.8, 4) is 0 Å². The highest BCUT2D eigenvalue weighted by Crippen LogP contribution is 2.23. The van der Waals surface area contributed by atoms with Crippen molar-refractivity contribution in [2.45, 2.75) is 51.6 Å². The van der Waals surface area contributed by atoms with Gasteiger partial charge >= 0.3 is 0 Å². The van der Waals surface area contributed by atoms with E-state index in [4.69, 9.17) is 11.6 Å². The van der Waals surface area contributed by atoms with Gasteiger partial charge in [-0.2, -0.15) is 0 Å². The number of hydrogen-bond donors (Lipinski definition) is 2. The van der Waals surface area contributed by atoms with Gasteiger partial charge in [-0.15, -0.1) is 0 Å². The van der Waals surface area contributed by atoms with Crippen LogP contribution in [0, 0.1) is 5.92 Å². The number of nitrogens with one attached hydrogen (secondary N) is 2. The van der Waals surface area contributed by atoms with Crippen LogP contribution in [0.25, 0.3) is 0 Å². The van der Waals surface area contributed by atoms with Gasteiger partial charge in [-0.3, -0.25) is 4.79 Å². The zero-order valence-corrected chi connectivity index (χ0v) is 13.6. The molecule has 1 unspecified atom stereocenters. The Hall–Kier alpha value is -1.06. The van der Waals surface area contributed by atoms with Crippen molar-refractivity contribution in [2.24, 2.45) is 5.92 Å². The Balaban J connectivity index is 1.87. The average Bonchev–Trinajstić information content (AvgIpc) is 2.93. The molecule has 0 spiro atoms. The highest BCUT2D eigenvalue weighted by Gasteiger charge is 2.19. The lowest BCUT2D eigenvalue weighted by molar-refractivity contribution is -0.121. The van der Waals surface area contributed by atoms with Crippen molar-refractivity contribution in [1.29, 1.82) is 0 Å². The number of halogens is 1. The SMILES string of the molecule is CC(C)C(NCC(=O)NC1CCCC1)c1ccc(Cl)cc1. The van der Waals surface area contributed by atoms with Crippen LogP contribution < -0.4 is 10.6 Å². The van der Waals surface area contributed by atoms with Crippen molar-refractivity contribution in [3.63, 3.8) is 0 Å². The largest absolute Gasteiger partial charge is 0.352 e. The maximum atomic E-state index is 12.0. The van der Waals surface area contributed by atoms with E-state index in [-0.39, 0.29) is 11.9 Å². The predicted octanol–water partition coefficient (Wildman–Crippen LogP) is 3.69. The molecule has 2 N–H and O–H groups in total. The third-order valence-electron chi connectivity index (χ3n) is 4.10. The van der Waals surface area contributed by atoms with Crippen molar-refractivity contribution < 1.29 is 4.79 Å². The zero-order chi connectivity index (χ0) is 15.2. The van der Waals surface area contributed by atoms with Crippen molar-refractivity contribution >= 4 is 17.5 Å². The van der Waals surface area contributed by atoms with Crippen molar-refractivity contribution in [3.05, 3.63) is 34.9 Å². The van der Waals surface area contributed by atoms with E-state index < -0.39 is 0 Å². The van der Waals surface area contributed by atoms with Gasteiger partial charge in [0.1, 0.15) is 0 Å². The first-order chi connectivity index (χ1) is 10.1. The molecule has 0 aromatic heterocycles. The average molecular weight is 309 g/mol. The van der Waals surface area contributed by atoms with E-state index in [2.05, 4.69) is 24.5 Å². The lowest BCUT2D eigenvalue weighted by Gasteiger charge is -2.23. The second kappa shape index (κ2) is 7.81. The minimum absolute atomic E-state index is 0.0986. The zero-order valence-electron chi connectivity index (χ0n) is 12.9. The first kappa shape index (κ1) is 16.3. The molecule has 0 radical (unpaired) electrons. The van der Waals surface area contributed by atoms with E-state index in [1.54, 1.807) is 0 Å². The minimum Gasteiger partial charge on any atom is -0.352 e. The third kappa shape index (κ3) is 5.01. The summed E-state index contributed by atoms with van der Waals surface area (Å²) >= 11 is 5.93. The fraction of sp³-hybridized carbons (Fsp3) is 0.588. The molecule has 4 heteroatoms. The topological polar surface area (TPSA) is 41.1 Å². The molecule has 1 aromatic carbocycles. The van der Waals surface area contributed by atoms with E-state index in [9.17, 15) is 4.79 Å². The van der Waals surface area contributed by atoms with Gasteiger partial charge in [0, 0.05) is 17.1 Å².